The zero-order valence-electron chi connectivity index (χ0n) is 10.4. The minimum absolute atomic E-state index is 0.446. The number of aromatic nitrogens is 4. The molecule has 96 valence electrons. The van der Waals surface area contributed by atoms with Crippen LogP contribution in [0.5, 0.6) is 0 Å². The maximum Gasteiger partial charge on any atom is 0.200 e. The van der Waals surface area contributed by atoms with Crippen molar-refractivity contribution < 1.29 is 4.74 Å². The van der Waals surface area contributed by atoms with Gasteiger partial charge in [-0.05, 0) is 36.4 Å². The van der Waals surface area contributed by atoms with Crippen LogP contribution in [0.1, 0.15) is 31.5 Å². The van der Waals surface area contributed by atoms with Crippen molar-refractivity contribution in [1.82, 2.24) is 20.2 Å². The van der Waals surface area contributed by atoms with Gasteiger partial charge in [0.25, 0.3) is 0 Å². The molecule has 6 heteroatoms. The highest BCUT2D eigenvalue weighted by molar-refractivity contribution is 4.77. The van der Waals surface area contributed by atoms with E-state index in [-0.39, 0.29) is 0 Å². The van der Waals surface area contributed by atoms with Crippen LogP contribution in [-0.4, -0.2) is 33.4 Å². The molecule has 1 fully saturated rings. The van der Waals surface area contributed by atoms with E-state index in [0.717, 1.165) is 13.2 Å². The molecule has 2 N–H and O–H groups in total. The van der Waals surface area contributed by atoms with Crippen LogP contribution in [0.25, 0.3) is 0 Å². The molecule has 0 saturated heterocycles. The van der Waals surface area contributed by atoms with Crippen LogP contribution >= 0.6 is 0 Å². The van der Waals surface area contributed by atoms with Gasteiger partial charge in [0, 0.05) is 0 Å². The molecule has 0 bridgehead atoms. The molecule has 2 atom stereocenters. The van der Waals surface area contributed by atoms with Crippen LogP contribution in [0.4, 0.5) is 0 Å². The van der Waals surface area contributed by atoms with Crippen molar-refractivity contribution in [3.8, 4) is 0 Å². The van der Waals surface area contributed by atoms with Crippen molar-refractivity contribution in [2.24, 2.45) is 24.6 Å². The third kappa shape index (κ3) is 3.47. The molecular formula is C11H21N5O. The molecule has 0 aromatic carbocycles. The molecule has 1 saturated carbocycles. The van der Waals surface area contributed by atoms with Crippen molar-refractivity contribution in [2.45, 2.75) is 32.3 Å². The molecule has 1 aromatic rings. The van der Waals surface area contributed by atoms with Crippen LogP contribution in [0, 0.1) is 11.8 Å². The van der Waals surface area contributed by atoms with Gasteiger partial charge in [0.1, 0.15) is 6.61 Å². The molecule has 0 amide bonds. The van der Waals surface area contributed by atoms with Gasteiger partial charge in [-0.25, -0.2) is 0 Å². The van der Waals surface area contributed by atoms with Crippen molar-refractivity contribution >= 4 is 0 Å². The molecule has 0 spiro atoms. The zero-order chi connectivity index (χ0) is 12.1. The van der Waals surface area contributed by atoms with E-state index in [1.807, 2.05) is 0 Å². The number of hydrogen-bond donors (Lipinski definition) is 1. The van der Waals surface area contributed by atoms with Crippen LogP contribution in [0.15, 0.2) is 0 Å². The quantitative estimate of drug-likeness (QED) is 0.809. The van der Waals surface area contributed by atoms with Gasteiger partial charge in [-0.2, -0.15) is 4.80 Å². The fraction of sp³-hybridized carbons (Fsp3) is 0.909. The van der Waals surface area contributed by atoms with Gasteiger partial charge in [-0.15, -0.1) is 10.2 Å². The smallest absolute Gasteiger partial charge is 0.200 e. The number of ether oxygens (including phenoxy) is 1. The van der Waals surface area contributed by atoms with Crippen molar-refractivity contribution in [1.29, 1.82) is 0 Å². The van der Waals surface area contributed by atoms with E-state index in [1.165, 1.54) is 30.5 Å². The Morgan fingerprint density at radius 3 is 2.76 bits per heavy atom. The fourth-order valence-corrected chi connectivity index (χ4v) is 2.50. The molecule has 1 aromatic heterocycles. The molecule has 0 aliphatic heterocycles. The highest BCUT2D eigenvalue weighted by Crippen LogP contribution is 2.29. The van der Waals surface area contributed by atoms with Crippen molar-refractivity contribution in [3.05, 3.63) is 5.82 Å². The normalized spacial score (nSPS) is 25.1. The van der Waals surface area contributed by atoms with E-state index in [0.29, 0.717) is 24.3 Å². The largest absolute Gasteiger partial charge is 0.373 e. The molecular weight excluding hydrogens is 218 g/mol. The number of nitrogens with zero attached hydrogens (tertiary/aromatic N) is 4. The Labute approximate surface area is 102 Å². The van der Waals surface area contributed by atoms with Gasteiger partial charge in [0.2, 0.25) is 0 Å². The second-order valence-corrected chi connectivity index (χ2v) is 4.75. The summed E-state index contributed by atoms with van der Waals surface area (Å²) in [5, 5.41) is 11.7. The van der Waals surface area contributed by atoms with E-state index in [9.17, 15) is 0 Å². The summed E-state index contributed by atoms with van der Waals surface area (Å²) in [7, 11) is 1.75. The Kier molecular flexibility index (Phi) is 4.44. The van der Waals surface area contributed by atoms with E-state index in [1.54, 1.807) is 7.05 Å². The number of hydrogen-bond acceptors (Lipinski definition) is 5. The van der Waals surface area contributed by atoms with Gasteiger partial charge >= 0.3 is 0 Å². The van der Waals surface area contributed by atoms with Gasteiger partial charge in [-0.1, -0.05) is 12.8 Å². The number of rotatable bonds is 5. The monoisotopic (exact) mass is 239 g/mol. The second-order valence-electron chi connectivity index (χ2n) is 4.75. The van der Waals surface area contributed by atoms with E-state index in [2.05, 4.69) is 15.4 Å². The molecule has 2 rings (SSSR count). The van der Waals surface area contributed by atoms with Crippen molar-refractivity contribution in [2.75, 3.05) is 13.2 Å². The fourth-order valence-electron chi connectivity index (χ4n) is 2.50. The first-order chi connectivity index (χ1) is 8.29. The average Bonchev–Trinajstić information content (AvgIpc) is 2.76. The first kappa shape index (κ1) is 12.4. The zero-order valence-corrected chi connectivity index (χ0v) is 10.4. The molecule has 0 radical (unpaired) electrons. The third-order valence-electron chi connectivity index (χ3n) is 3.48. The summed E-state index contributed by atoms with van der Waals surface area (Å²) in [6.07, 6.45) is 5.09. The lowest BCUT2D eigenvalue weighted by atomic mass is 9.80. The highest BCUT2D eigenvalue weighted by Gasteiger charge is 2.23. The minimum atomic E-state index is 0.446. The standard InChI is InChI=1S/C11H21N5O/c1-16-14-11(13-15-16)8-17-7-10-5-3-2-4-9(10)6-12/h9-10H,2-8,12H2,1H3. The summed E-state index contributed by atoms with van der Waals surface area (Å²) in [5.74, 6) is 1.87. The Balaban J connectivity index is 1.73. The molecule has 1 heterocycles. The van der Waals surface area contributed by atoms with Crippen LogP contribution in [-0.2, 0) is 18.4 Å². The van der Waals surface area contributed by atoms with Gasteiger partial charge in [-0.3, -0.25) is 0 Å². The molecule has 2 unspecified atom stereocenters. The number of tetrazole rings is 1. The predicted molar refractivity (Wildman–Crippen MR) is 63.0 cm³/mol. The molecule has 1 aliphatic rings. The minimum Gasteiger partial charge on any atom is -0.373 e. The van der Waals surface area contributed by atoms with Gasteiger partial charge < -0.3 is 10.5 Å². The van der Waals surface area contributed by atoms with E-state index in [4.69, 9.17) is 10.5 Å². The van der Waals surface area contributed by atoms with Gasteiger partial charge in [0.15, 0.2) is 5.82 Å². The topological polar surface area (TPSA) is 78.8 Å². The third-order valence-corrected chi connectivity index (χ3v) is 3.48. The first-order valence-electron chi connectivity index (χ1n) is 6.30. The van der Waals surface area contributed by atoms with Crippen LogP contribution < -0.4 is 5.73 Å². The average molecular weight is 239 g/mol. The van der Waals surface area contributed by atoms with E-state index < -0.39 is 0 Å². The predicted octanol–water partition coefficient (Wildman–Crippen LogP) is 0.492. The summed E-state index contributed by atoms with van der Waals surface area (Å²) in [4.78, 5) is 1.45. The summed E-state index contributed by atoms with van der Waals surface area (Å²) in [5.41, 5.74) is 5.79. The lowest BCUT2D eigenvalue weighted by Crippen LogP contribution is -2.29. The Morgan fingerprint density at radius 2 is 2.12 bits per heavy atom. The second kappa shape index (κ2) is 6.07. The first-order valence-corrected chi connectivity index (χ1v) is 6.30. The lowest BCUT2D eigenvalue weighted by Gasteiger charge is -2.30. The maximum absolute atomic E-state index is 5.79. The Bertz CT molecular complexity index is 340. The number of nitrogens with two attached hydrogens (primary N) is 1. The summed E-state index contributed by atoms with van der Waals surface area (Å²) in [6, 6.07) is 0. The summed E-state index contributed by atoms with van der Waals surface area (Å²) >= 11 is 0. The summed E-state index contributed by atoms with van der Waals surface area (Å²) in [6.45, 7) is 1.99. The Hall–Kier alpha value is -1.01. The SMILES string of the molecule is Cn1nnc(COCC2CCCCC2CN)n1. The van der Waals surface area contributed by atoms with E-state index >= 15 is 0 Å². The molecule has 17 heavy (non-hydrogen) atoms. The van der Waals surface area contributed by atoms with Gasteiger partial charge in [0.05, 0.1) is 13.7 Å². The molecule has 6 nitrogen and oxygen atoms in total. The maximum atomic E-state index is 5.79. The highest BCUT2D eigenvalue weighted by atomic mass is 16.5. The van der Waals surface area contributed by atoms with Crippen LogP contribution in [0.2, 0.25) is 0 Å². The number of aryl methyl sites for hydroxylation is 1. The summed E-state index contributed by atoms with van der Waals surface area (Å²) < 4.78 is 5.67. The Morgan fingerprint density at radius 1 is 1.35 bits per heavy atom. The lowest BCUT2D eigenvalue weighted by molar-refractivity contribution is 0.0479. The molecule has 1 aliphatic carbocycles. The van der Waals surface area contributed by atoms with Crippen LogP contribution in [0.3, 0.4) is 0 Å². The van der Waals surface area contributed by atoms with Crippen molar-refractivity contribution in [3.63, 3.8) is 0 Å².